The molecule has 26 heavy (non-hydrogen) atoms. The summed E-state index contributed by atoms with van der Waals surface area (Å²) in [5.41, 5.74) is 0. The van der Waals surface area contributed by atoms with E-state index in [1.165, 1.54) is 0 Å². The van der Waals surface area contributed by atoms with Gasteiger partial charge in [0, 0.05) is 57.7 Å². The zero-order valence-electron chi connectivity index (χ0n) is 14.9. The third-order valence-electron chi connectivity index (χ3n) is 4.64. The molecule has 2 saturated heterocycles. The molecule has 138 valence electrons. The lowest BCUT2D eigenvalue weighted by Crippen LogP contribution is -2.47. The molecule has 0 unspecified atom stereocenters. The molecule has 0 aliphatic carbocycles. The van der Waals surface area contributed by atoms with Crippen LogP contribution in [0.1, 0.15) is 0 Å². The van der Waals surface area contributed by atoms with Gasteiger partial charge in [0.25, 0.3) is 0 Å². The fraction of sp³-hybridized carbons (Fsp3) is 0.529. The number of piperazine rings is 1. The Morgan fingerprint density at radius 3 is 2.15 bits per heavy atom. The molecule has 2 aliphatic heterocycles. The normalized spacial score (nSPS) is 18.1. The maximum atomic E-state index is 5.40. The Bertz CT molecular complexity index is 731. The average molecular weight is 357 g/mol. The smallest absolute Gasteiger partial charge is 0.228 e. The van der Waals surface area contributed by atoms with Crippen LogP contribution in [0.25, 0.3) is 0 Å². The first kappa shape index (κ1) is 16.8. The van der Waals surface area contributed by atoms with Crippen molar-refractivity contribution in [2.24, 2.45) is 0 Å². The number of morpholine rings is 1. The number of anilines is 3. The van der Waals surface area contributed by atoms with Gasteiger partial charge in [-0.1, -0.05) is 0 Å². The van der Waals surface area contributed by atoms with Crippen molar-refractivity contribution in [1.82, 2.24) is 19.9 Å². The predicted molar refractivity (Wildman–Crippen MR) is 98.1 cm³/mol. The van der Waals surface area contributed by atoms with Gasteiger partial charge in [-0.3, -0.25) is 0 Å². The van der Waals surface area contributed by atoms with Crippen molar-refractivity contribution in [3.8, 4) is 5.88 Å². The molecule has 9 nitrogen and oxygen atoms in total. The molecule has 0 saturated carbocycles. The van der Waals surface area contributed by atoms with Gasteiger partial charge in [0.2, 0.25) is 17.8 Å². The first-order chi connectivity index (χ1) is 12.8. The summed E-state index contributed by atoms with van der Waals surface area (Å²) < 4.78 is 10.6. The highest BCUT2D eigenvalue weighted by molar-refractivity contribution is 5.46. The van der Waals surface area contributed by atoms with Crippen molar-refractivity contribution in [3.63, 3.8) is 0 Å². The number of nitrogens with zero attached hydrogens (tertiary/aromatic N) is 7. The molecule has 4 heterocycles. The van der Waals surface area contributed by atoms with Crippen LogP contribution in [0.2, 0.25) is 0 Å². The van der Waals surface area contributed by atoms with Gasteiger partial charge in [-0.2, -0.15) is 9.97 Å². The topological polar surface area (TPSA) is 79.7 Å². The van der Waals surface area contributed by atoms with Gasteiger partial charge in [0.1, 0.15) is 5.82 Å². The van der Waals surface area contributed by atoms with E-state index in [0.717, 1.165) is 64.2 Å². The highest BCUT2D eigenvalue weighted by Crippen LogP contribution is 2.20. The van der Waals surface area contributed by atoms with Crippen LogP contribution >= 0.6 is 0 Å². The van der Waals surface area contributed by atoms with Crippen molar-refractivity contribution in [2.75, 3.05) is 74.3 Å². The highest BCUT2D eigenvalue weighted by atomic mass is 16.5. The minimum atomic E-state index is 0.586. The Hall–Kier alpha value is -2.68. The van der Waals surface area contributed by atoms with Gasteiger partial charge in [0.05, 0.1) is 20.3 Å². The number of ether oxygens (including phenoxy) is 2. The van der Waals surface area contributed by atoms with Crippen LogP contribution in [0.3, 0.4) is 0 Å². The minimum absolute atomic E-state index is 0.586. The van der Waals surface area contributed by atoms with Gasteiger partial charge < -0.3 is 24.2 Å². The molecule has 2 aromatic rings. The fourth-order valence-corrected chi connectivity index (χ4v) is 3.17. The fourth-order valence-electron chi connectivity index (χ4n) is 3.17. The molecule has 0 radical (unpaired) electrons. The van der Waals surface area contributed by atoms with Crippen LogP contribution in [0.15, 0.2) is 24.5 Å². The standard InChI is InChI=1S/C17H23N7O2/c1-25-15-3-5-19-17(21-15)23-8-6-22(7-9-23)14-2-4-18-16(20-14)24-10-12-26-13-11-24/h2-5H,6-13H2,1H3. The zero-order chi connectivity index (χ0) is 17.8. The van der Waals surface area contributed by atoms with E-state index in [4.69, 9.17) is 14.5 Å². The summed E-state index contributed by atoms with van der Waals surface area (Å²) in [5, 5.41) is 0. The number of hydrogen-bond acceptors (Lipinski definition) is 9. The Morgan fingerprint density at radius 1 is 0.808 bits per heavy atom. The van der Waals surface area contributed by atoms with E-state index in [-0.39, 0.29) is 0 Å². The molecule has 0 bridgehead atoms. The van der Waals surface area contributed by atoms with E-state index >= 15 is 0 Å². The monoisotopic (exact) mass is 357 g/mol. The lowest BCUT2D eigenvalue weighted by atomic mass is 10.3. The molecule has 4 rings (SSSR count). The van der Waals surface area contributed by atoms with Gasteiger partial charge in [-0.15, -0.1) is 0 Å². The molecule has 2 aliphatic rings. The summed E-state index contributed by atoms with van der Waals surface area (Å²) in [6, 6.07) is 3.73. The second-order valence-electron chi connectivity index (χ2n) is 6.19. The lowest BCUT2D eigenvalue weighted by Gasteiger charge is -2.35. The van der Waals surface area contributed by atoms with Crippen LogP contribution in [0.4, 0.5) is 17.7 Å². The van der Waals surface area contributed by atoms with E-state index in [1.807, 2.05) is 12.3 Å². The maximum Gasteiger partial charge on any atom is 0.228 e. The van der Waals surface area contributed by atoms with E-state index < -0.39 is 0 Å². The molecule has 0 amide bonds. The van der Waals surface area contributed by atoms with Crippen LogP contribution in [0, 0.1) is 0 Å². The number of rotatable bonds is 4. The number of hydrogen-bond donors (Lipinski definition) is 0. The summed E-state index contributed by atoms with van der Waals surface area (Å²) in [6.45, 7) is 6.53. The SMILES string of the molecule is COc1ccnc(N2CCN(c3ccnc(N4CCOCC4)n3)CC2)n1. The largest absolute Gasteiger partial charge is 0.481 e. The Labute approximate surface area is 152 Å². The Morgan fingerprint density at radius 2 is 1.42 bits per heavy atom. The molecule has 0 atom stereocenters. The summed E-state index contributed by atoms with van der Waals surface area (Å²) in [5.74, 6) is 3.04. The third kappa shape index (κ3) is 3.62. The molecule has 9 heteroatoms. The maximum absolute atomic E-state index is 5.40. The Kier molecular flexibility index (Phi) is 4.96. The molecule has 0 spiro atoms. The van der Waals surface area contributed by atoms with Crippen molar-refractivity contribution in [1.29, 1.82) is 0 Å². The molecule has 2 fully saturated rings. The summed E-state index contributed by atoms with van der Waals surface area (Å²) >= 11 is 0. The first-order valence-corrected chi connectivity index (χ1v) is 8.86. The van der Waals surface area contributed by atoms with Crippen LogP contribution < -0.4 is 19.4 Å². The van der Waals surface area contributed by atoms with Crippen LogP contribution in [0.5, 0.6) is 5.88 Å². The van der Waals surface area contributed by atoms with Crippen LogP contribution in [-0.4, -0.2) is 79.5 Å². The number of methoxy groups -OCH3 is 1. The lowest BCUT2D eigenvalue weighted by molar-refractivity contribution is 0.122. The summed E-state index contributed by atoms with van der Waals surface area (Å²) in [4.78, 5) is 24.6. The molecule has 0 N–H and O–H groups in total. The minimum Gasteiger partial charge on any atom is -0.481 e. The number of aromatic nitrogens is 4. The Balaban J connectivity index is 1.41. The van der Waals surface area contributed by atoms with E-state index in [1.54, 1.807) is 19.4 Å². The van der Waals surface area contributed by atoms with E-state index in [9.17, 15) is 0 Å². The zero-order valence-corrected chi connectivity index (χ0v) is 14.9. The summed E-state index contributed by atoms with van der Waals surface area (Å²) in [6.07, 6.45) is 3.57. The van der Waals surface area contributed by atoms with Gasteiger partial charge in [-0.25, -0.2) is 9.97 Å². The van der Waals surface area contributed by atoms with E-state index in [2.05, 4.69) is 29.7 Å². The van der Waals surface area contributed by atoms with Crippen molar-refractivity contribution < 1.29 is 9.47 Å². The van der Waals surface area contributed by atoms with Gasteiger partial charge in [0.15, 0.2) is 0 Å². The first-order valence-electron chi connectivity index (χ1n) is 8.86. The average Bonchev–Trinajstić information content (AvgIpc) is 2.75. The second kappa shape index (κ2) is 7.69. The molecular weight excluding hydrogens is 334 g/mol. The third-order valence-corrected chi connectivity index (χ3v) is 4.64. The van der Waals surface area contributed by atoms with Crippen LogP contribution in [-0.2, 0) is 4.74 Å². The molecular formula is C17H23N7O2. The summed E-state index contributed by atoms with van der Waals surface area (Å²) in [7, 11) is 1.62. The second-order valence-corrected chi connectivity index (χ2v) is 6.19. The van der Waals surface area contributed by atoms with Crippen molar-refractivity contribution >= 4 is 17.7 Å². The van der Waals surface area contributed by atoms with Crippen molar-refractivity contribution in [2.45, 2.75) is 0 Å². The predicted octanol–water partition coefficient (Wildman–Crippen LogP) is 0.438. The molecule has 2 aromatic heterocycles. The molecule has 0 aromatic carbocycles. The van der Waals surface area contributed by atoms with Crippen molar-refractivity contribution in [3.05, 3.63) is 24.5 Å². The highest BCUT2D eigenvalue weighted by Gasteiger charge is 2.21. The van der Waals surface area contributed by atoms with Gasteiger partial charge in [-0.05, 0) is 6.07 Å². The van der Waals surface area contributed by atoms with Gasteiger partial charge >= 0.3 is 0 Å². The van der Waals surface area contributed by atoms with E-state index in [0.29, 0.717) is 11.8 Å². The quantitative estimate of drug-likeness (QED) is 0.774.